The summed E-state index contributed by atoms with van der Waals surface area (Å²) < 4.78 is 0. The number of aromatic amines is 1. The molecule has 1 aliphatic rings. The molecule has 0 saturated heterocycles. The first kappa shape index (κ1) is 12.7. The van der Waals surface area contributed by atoms with Crippen molar-refractivity contribution in [2.24, 2.45) is 5.92 Å². The van der Waals surface area contributed by atoms with Crippen molar-refractivity contribution in [3.63, 3.8) is 0 Å². The van der Waals surface area contributed by atoms with E-state index in [1.807, 2.05) is 12.1 Å². The molecule has 19 heavy (non-hydrogen) atoms. The number of hydrogen-bond donors (Lipinski definition) is 2. The van der Waals surface area contributed by atoms with Gasteiger partial charge in [-0.3, -0.25) is 0 Å². The minimum absolute atomic E-state index is 0.677. The van der Waals surface area contributed by atoms with Gasteiger partial charge in [0.25, 0.3) is 0 Å². The average molecular weight is 257 g/mol. The maximum Gasteiger partial charge on any atom is 0.121 e. The summed E-state index contributed by atoms with van der Waals surface area (Å²) in [6, 6.07) is 8.90. The van der Waals surface area contributed by atoms with Crippen molar-refractivity contribution in [1.29, 1.82) is 0 Å². The van der Waals surface area contributed by atoms with Crippen LogP contribution >= 0.6 is 0 Å². The normalized spacial score (nSPS) is 23.8. The fourth-order valence-corrected chi connectivity index (χ4v) is 3.11. The second-order valence-corrected chi connectivity index (χ2v) is 5.71. The molecule has 2 N–H and O–H groups in total. The first-order valence-corrected chi connectivity index (χ1v) is 7.52. The lowest BCUT2D eigenvalue weighted by Crippen LogP contribution is -2.32. The number of imidazole rings is 1. The lowest BCUT2D eigenvalue weighted by atomic mass is 9.84. The van der Waals surface area contributed by atoms with Crippen molar-refractivity contribution in [3.05, 3.63) is 30.1 Å². The number of aromatic nitrogens is 2. The minimum atomic E-state index is 0.677. The molecule has 0 atom stereocenters. The van der Waals surface area contributed by atoms with Crippen LogP contribution in [0.1, 0.15) is 44.9 Å². The maximum absolute atomic E-state index is 4.61. The Balaban J connectivity index is 1.55. The third-order valence-electron chi connectivity index (χ3n) is 4.42. The fourth-order valence-electron chi connectivity index (χ4n) is 3.11. The molecule has 1 saturated carbocycles. The van der Waals surface area contributed by atoms with Crippen molar-refractivity contribution in [2.45, 2.75) is 51.6 Å². The van der Waals surface area contributed by atoms with E-state index in [9.17, 15) is 0 Å². The van der Waals surface area contributed by atoms with Gasteiger partial charge in [0, 0.05) is 6.04 Å². The zero-order chi connectivity index (χ0) is 13.1. The van der Waals surface area contributed by atoms with E-state index in [1.54, 1.807) is 0 Å². The Labute approximate surface area is 114 Å². The molecule has 0 radical (unpaired) electrons. The first-order valence-electron chi connectivity index (χ1n) is 7.52. The number of fused-ring (bicyclic) bond motifs is 1. The molecule has 1 aromatic carbocycles. The van der Waals surface area contributed by atoms with Gasteiger partial charge in [0.15, 0.2) is 0 Å². The fraction of sp³-hybridized carbons (Fsp3) is 0.562. The van der Waals surface area contributed by atoms with Crippen LogP contribution in [0.25, 0.3) is 11.0 Å². The molecule has 3 heteroatoms. The Morgan fingerprint density at radius 3 is 2.74 bits per heavy atom. The number of benzene rings is 1. The van der Waals surface area contributed by atoms with Gasteiger partial charge in [-0.1, -0.05) is 25.5 Å². The summed E-state index contributed by atoms with van der Waals surface area (Å²) in [5.41, 5.74) is 2.20. The van der Waals surface area contributed by atoms with Gasteiger partial charge in [0.1, 0.15) is 5.82 Å². The Bertz CT molecular complexity index is 491. The second-order valence-electron chi connectivity index (χ2n) is 5.71. The maximum atomic E-state index is 4.61. The van der Waals surface area contributed by atoms with Crippen LogP contribution in [-0.2, 0) is 6.54 Å². The molecule has 2 aromatic rings. The highest BCUT2D eigenvalue weighted by atomic mass is 15.0. The molecule has 3 nitrogen and oxygen atoms in total. The van der Waals surface area contributed by atoms with Crippen LogP contribution in [0.3, 0.4) is 0 Å². The molecule has 1 fully saturated rings. The molecule has 3 rings (SSSR count). The lowest BCUT2D eigenvalue weighted by Gasteiger charge is -2.28. The van der Waals surface area contributed by atoms with Crippen molar-refractivity contribution < 1.29 is 0 Å². The third kappa shape index (κ3) is 2.98. The van der Waals surface area contributed by atoms with Crippen LogP contribution in [-0.4, -0.2) is 16.0 Å². The molecule has 0 aliphatic heterocycles. The van der Waals surface area contributed by atoms with E-state index in [1.165, 1.54) is 32.1 Å². The molecule has 0 spiro atoms. The molecule has 1 aromatic heterocycles. The van der Waals surface area contributed by atoms with E-state index in [-0.39, 0.29) is 0 Å². The van der Waals surface area contributed by atoms with Crippen molar-refractivity contribution in [2.75, 3.05) is 0 Å². The van der Waals surface area contributed by atoms with Crippen LogP contribution in [0, 0.1) is 5.92 Å². The highest BCUT2D eigenvalue weighted by Gasteiger charge is 2.19. The minimum Gasteiger partial charge on any atom is -0.341 e. The molecular weight excluding hydrogens is 234 g/mol. The Morgan fingerprint density at radius 2 is 2.00 bits per heavy atom. The molecule has 0 unspecified atom stereocenters. The van der Waals surface area contributed by atoms with Gasteiger partial charge in [-0.2, -0.15) is 0 Å². The standard InChI is InChI=1S/C16H23N3/c1-2-12-7-9-13(10-8-12)17-11-16-18-14-5-3-4-6-15(14)19-16/h3-6,12-13,17H,2,7-11H2,1H3,(H,18,19). The van der Waals surface area contributed by atoms with Gasteiger partial charge in [-0.25, -0.2) is 4.98 Å². The zero-order valence-electron chi connectivity index (χ0n) is 11.7. The van der Waals surface area contributed by atoms with Crippen molar-refractivity contribution >= 4 is 11.0 Å². The number of nitrogens with zero attached hydrogens (tertiary/aromatic N) is 1. The molecular formula is C16H23N3. The lowest BCUT2D eigenvalue weighted by molar-refractivity contribution is 0.284. The highest BCUT2D eigenvalue weighted by molar-refractivity contribution is 5.74. The van der Waals surface area contributed by atoms with E-state index in [4.69, 9.17) is 0 Å². The zero-order valence-corrected chi connectivity index (χ0v) is 11.7. The summed E-state index contributed by atoms with van der Waals surface area (Å²) >= 11 is 0. The van der Waals surface area contributed by atoms with Gasteiger partial charge in [-0.15, -0.1) is 0 Å². The van der Waals surface area contributed by atoms with Crippen molar-refractivity contribution in [3.8, 4) is 0 Å². The van der Waals surface area contributed by atoms with Gasteiger partial charge >= 0.3 is 0 Å². The molecule has 102 valence electrons. The van der Waals surface area contributed by atoms with E-state index in [2.05, 4.69) is 34.3 Å². The number of para-hydroxylation sites is 2. The van der Waals surface area contributed by atoms with Crippen LogP contribution in [0.15, 0.2) is 24.3 Å². The van der Waals surface area contributed by atoms with Gasteiger partial charge in [0.2, 0.25) is 0 Å². The molecule has 0 bridgehead atoms. The van der Waals surface area contributed by atoms with Gasteiger partial charge in [0.05, 0.1) is 17.6 Å². The summed E-state index contributed by atoms with van der Waals surface area (Å²) in [7, 11) is 0. The topological polar surface area (TPSA) is 40.7 Å². The van der Waals surface area contributed by atoms with Crippen molar-refractivity contribution in [1.82, 2.24) is 15.3 Å². The summed E-state index contributed by atoms with van der Waals surface area (Å²) in [5.74, 6) is 2.02. The van der Waals surface area contributed by atoms with Crippen LogP contribution < -0.4 is 5.32 Å². The smallest absolute Gasteiger partial charge is 0.121 e. The number of rotatable bonds is 4. The van der Waals surface area contributed by atoms with E-state index < -0.39 is 0 Å². The summed E-state index contributed by atoms with van der Waals surface area (Å²) in [6.07, 6.45) is 6.75. The second kappa shape index (κ2) is 5.74. The molecule has 1 heterocycles. The Kier molecular flexibility index (Phi) is 3.83. The van der Waals surface area contributed by atoms with Crippen LogP contribution in [0.4, 0.5) is 0 Å². The SMILES string of the molecule is CCC1CCC(NCc2nc3ccccc3[nH]2)CC1. The summed E-state index contributed by atoms with van der Waals surface area (Å²) in [5, 5.41) is 3.65. The number of H-pyrrole nitrogens is 1. The molecule has 1 aliphatic carbocycles. The number of hydrogen-bond acceptors (Lipinski definition) is 2. The third-order valence-corrected chi connectivity index (χ3v) is 4.42. The van der Waals surface area contributed by atoms with Crippen LogP contribution in [0.2, 0.25) is 0 Å². The average Bonchev–Trinajstić information content (AvgIpc) is 2.88. The van der Waals surface area contributed by atoms with Gasteiger partial charge in [-0.05, 0) is 43.7 Å². The quantitative estimate of drug-likeness (QED) is 0.878. The molecule has 0 amide bonds. The Hall–Kier alpha value is -1.35. The monoisotopic (exact) mass is 257 g/mol. The van der Waals surface area contributed by atoms with E-state index >= 15 is 0 Å². The van der Waals surface area contributed by atoms with Gasteiger partial charge < -0.3 is 10.3 Å². The van der Waals surface area contributed by atoms with E-state index in [0.717, 1.165) is 29.3 Å². The largest absolute Gasteiger partial charge is 0.341 e. The summed E-state index contributed by atoms with van der Waals surface area (Å²) in [6.45, 7) is 3.17. The predicted octanol–water partition coefficient (Wildman–Crippen LogP) is 3.62. The predicted molar refractivity (Wildman–Crippen MR) is 79.0 cm³/mol. The van der Waals surface area contributed by atoms with E-state index in [0.29, 0.717) is 6.04 Å². The van der Waals surface area contributed by atoms with Crippen LogP contribution in [0.5, 0.6) is 0 Å². The number of nitrogens with one attached hydrogen (secondary N) is 2. The highest BCUT2D eigenvalue weighted by Crippen LogP contribution is 2.26. The first-order chi connectivity index (χ1) is 9.35. The Morgan fingerprint density at radius 1 is 1.21 bits per heavy atom. The summed E-state index contributed by atoms with van der Waals surface area (Å²) in [4.78, 5) is 7.99.